The smallest absolute Gasteiger partial charge is 0.305 e. The van der Waals surface area contributed by atoms with Crippen LogP contribution in [0.3, 0.4) is 0 Å². The zero-order valence-corrected chi connectivity index (χ0v) is 58.1. The Labute approximate surface area is 572 Å². The second-order valence-electron chi connectivity index (χ2n) is 26.8. The van der Waals surface area contributed by atoms with Crippen LogP contribution in [-0.2, 0) is 73.5 Å². The molecule has 1 heterocycles. The van der Waals surface area contributed by atoms with Crippen molar-refractivity contribution in [1.82, 2.24) is 53.2 Å². The van der Waals surface area contributed by atoms with Crippen LogP contribution in [0.5, 0.6) is 5.75 Å². The average molecular weight is 1390 g/mol. The third kappa shape index (κ3) is 28.5. The predicted octanol–water partition coefficient (Wildman–Crippen LogP) is -1.98. The number of unbranched alkanes of at least 4 members (excludes halogenated alkanes) is 1. The number of hydrogen-bond acceptors (Lipinski definition) is 19. The lowest BCUT2D eigenvalue weighted by molar-refractivity contribution is -0.142. The van der Waals surface area contributed by atoms with Gasteiger partial charge in [-0.25, -0.2) is 0 Å². The molecule has 1 aromatic rings. The number of allylic oxidation sites excluding steroid dienone is 2. The molecule has 12 amide bonds. The van der Waals surface area contributed by atoms with Gasteiger partial charge in [0.25, 0.3) is 0 Å². The Morgan fingerprint density at radius 1 is 0.663 bits per heavy atom. The number of rotatable bonds is 33. The number of Topliss-reactive ketones (excluding diaryl/α,β-unsaturated/α-hetero) is 1. The molecule has 0 bridgehead atoms. The van der Waals surface area contributed by atoms with Gasteiger partial charge in [-0.3, -0.25) is 67.1 Å². The molecule has 98 heavy (non-hydrogen) atoms. The number of nitrogens with one attached hydrogen (secondary N) is 10. The highest BCUT2D eigenvalue weighted by atomic mass is 16.4. The lowest BCUT2D eigenvalue weighted by atomic mass is 9.81. The van der Waals surface area contributed by atoms with Gasteiger partial charge in [-0.15, -0.1) is 0 Å². The number of carbonyl (C=O) groups is 14. The van der Waals surface area contributed by atoms with Crippen molar-refractivity contribution in [2.75, 3.05) is 13.2 Å². The van der Waals surface area contributed by atoms with Crippen molar-refractivity contribution in [3.63, 3.8) is 0 Å². The van der Waals surface area contributed by atoms with E-state index in [4.69, 9.17) is 22.9 Å². The number of carboxylic acids is 1. The highest BCUT2D eigenvalue weighted by Gasteiger charge is 2.44. The maximum Gasteiger partial charge on any atom is 0.305 e. The first-order valence-electron chi connectivity index (χ1n) is 33.4. The van der Waals surface area contributed by atoms with E-state index in [9.17, 15) is 87.5 Å². The molecule has 14 atom stereocenters. The Bertz CT molecular complexity index is 2960. The third-order valence-corrected chi connectivity index (χ3v) is 17.2. The lowest BCUT2D eigenvalue weighted by Crippen LogP contribution is -2.66. The summed E-state index contributed by atoms with van der Waals surface area (Å²) in [4.78, 5) is 193. The molecule has 0 aromatic heterocycles. The number of nitrogens with two attached hydrogens (primary N) is 4. The van der Waals surface area contributed by atoms with Crippen LogP contribution >= 0.6 is 0 Å². The van der Waals surface area contributed by atoms with E-state index in [1.165, 1.54) is 26.0 Å². The molecule has 0 unspecified atom stereocenters. The summed E-state index contributed by atoms with van der Waals surface area (Å²) in [6.07, 6.45) is 0.637. The third-order valence-electron chi connectivity index (χ3n) is 17.2. The molecule has 1 aliphatic heterocycles. The fourth-order valence-corrected chi connectivity index (χ4v) is 10.5. The summed E-state index contributed by atoms with van der Waals surface area (Å²) in [6, 6.07) is -8.15. The molecule has 0 aliphatic carbocycles. The molecule has 0 spiro atoms. The number of hydrogen-bond donors (Lipinski definition) is 18. The van der Waals surface area contributed by atoms with E-state index in [1.807, 2.05) is 0 Å². The Morgan fingerprint density at radius 2 is 1.20 bits per heavy atom. The first-order chi connectivity index (χ1) is 45.8. The van der Waals surface area contributed by atoms with Gasteiger partial charge in [-0.05, 0) is 134 Å². The Morgan fingerprint density at radius 3 is 1.74 bits per heavy atom. The first kappa shape index (κ1) is 85.5. The minimum atomic E-state index is -2.04. The van der Waals surface area contributed by atoms with Crippen LogP contribution in [0.4, 0.5) is 0 Å². The number of carbonyl (C=O) groups excluding carboxylic acids is 13. The van der Waals surface area contributed by atoms with E-state index in [0.717, 1.165) is 6.92 Å². The van der Waals surface area contributed by atoms with Gasteiger partial charge in [-0.1, -0.05) is 85.6 Å². The van der Waals surface area contributed by atoms with Crippen molar-refractivity contribution < 1.29 is 87.5 Å². The molecule has 1 aromatic carbocycles. The second kappa shape index (κ2) is 40.9. The van der Waals surface area contributed by atoms with Gasteiger partial charge >= 0.3 is 5.97 Å². The molecule has 0 saturated heterocycles. The van der Waals surface area contributed by atoms with E-state index in [-0.39, 0.29) is 75.9 Å². The van der Waals surface area contributed by atoms with E-state index in [1.54, 1.807) is 72.8 Å². The van der Waals surface area contributed by atoms with Crippen LogP contribution in [0.15, 0.2) is 36.4 Å². The number of amides is 12. The van der Waals surface area contributed by atoms with Crippen LogP contribution in [0, 0.1) is 17.3 Å². The molecule has 0 saturated carbocycles. The van der Waals surface area contributed by atoms with E-state index in [0.29, 0.717) is 24.8 Å². The van der Waals surface area contributed by atoms with Gasteiger partial charge in [0.15, 0.2) is 5.78 Å². The predicted molar refractivity (Wildman–Crippen MR) is 359 cm³/mol. The Kier molecular flexibility index (Phi) is 35.7. The molecule has 32 heteroatoms. The number of ketones is 1. The molecule has 32 nitrogen and oxygen atoms in total. The minimum Gasteiger partial charge on any atom is -0.508 e. The largest absolute Gasteiger partial charge is 0.508 e. The topological polar surface area (TPSA) is 544 Å². The number of benzene rings is 1. The van der Waals surface area contributed by atoms with E-state index >= 15 is 0 Å². The van der Waals surface area contributed by atoms with Crippen molar-refractivity contribution >= 4 is 82.6 Å². The number of aromatic hydroxyl groups is 1. The minimum absolute atomic E-state index is 0.00504. The SMILES string of the molecule is CC[C@H](C)[C@H](NC(=O)[C@]1(C)CCC/C=C/CCC[C@](C)(NC(=O)[C@H](CCCCN)NC(=O)[C@@H](N)Cc2ccc(O)cc2)C(=O)N[C@@H]([C@@H](C)O)C(=O)N[C@@H](CCC(N)=O)C(=O)N[C@@H](CO)C(=O)N1)C(=O)N[C@@H](CC(=O)O)C(=O)N[C@@H](CCC(N)=O)C(=O)N[C@H](C(=O)C(C)(C)C)[C@@H](C)CC. The first-order valence-corrected chi connectivity index (χ1v) is 33.4. The van der Waals surface area contributed by atoms with E-state index in [2.05, 4.69) is 53.2 Å². The van der Waals surface area contributed by atoms with Gasteiger partial charge in [0.05, 0.1) is 31.2 Å². The number of phenolic OH excluding ortho intramolecular Hbond substituents is 1. The molecule has 1 aliphatic rings. The number of phenols is 1. The number of primary amides is 2. The van der Waals surface area contributed by atoms with Crippen molar-refractivity contribution in [1.29, 1.82) is 0 Å². The van der Waals surface area contributed by atoms with Gasteiger partial charge in [0.1, 0.15) is 59.1 Å². The Hall–Kier alpha value is -8.62. The van der Waals surface area contributed by atoms with Crippen molar-refractivity contribution in [2.24, 2.45) is 40.2 Å². The summed E-state index contributed by atoms with van der Waals surface area (Å²) in [5.74, 6) is -15.2. The normalized spacial score (nSPS) is 22.3. The van der Waals surface area contributed by atoms with Crippen molar-refractivity contribution in [3.05, 3.63) is 42.0 Å². The van der Waals surface area contributed by atoms with Gasteiger partial charge in [-0.2, -0.15) is 0 Å². The zero-order chi connectivity index (χ0) is 74.4. The van der Waals surface area contributed by atoms with Crippen LogP contribution in [0.2, 0.25) is 0 Å². The second-order valence-corrected chi connectivity index (χ2v) is 26.8. The molecule has 0 radical (unpaired) electrons. The standard InChI is InChI=1S/C66H108N14O18/c1-11-36(3)50(53(88)64(6,7)8)76-56(91)44(27-29-48(70)85)72-57(92)45(34-49(86)87)74-60(95)51(37(4)12-2)77-62(97)65(9)30-18-15-13-14-16-19-31-66(10,79-58(93)42(21-17-20-32-67)71-54(89)41(68)33-39-22-24-40(83)25-23-39)63(98)78-52(38(5)82)61(96)73-43(26-28-47(69)84)55(90)75-46(35-81)59(94)80-65/h13-14,22-25,36-38,41-46,50-52,81-83H,11-12,15-21,26-35,67-68H2,1-10H3,(H2,69,84)(H2,70,85)(H,71,89)(H,72,92)(H,73,96)(H,74,95)(H,75,90)(H,76,91)(H,77,97)(H,78,98)(H,79,93)(H,80,94)(H,86,87)/b14-13+/t36-,37-,38+,41-,42-,43-,44-,45-,46-,50-,51-,52-,65-,66-/m0/s1. The van der Waals surface area contributed by atoms with Gasteiger partial charge in [0, 0.05) is 18.3 Å². The lowest BCUT2D eigenvalue weighted by Gasteiger charge is -2.35. The summed E-state index contributed by atoms with van der Waals surface area (Å²) in [7, 11) is 0. The molecule has 550 valence electrons. The van der Waals surface area contributed by atoms with Crippen molar-refractivity contribution in [2.45, 2.75) is 250 Å². The summed E-state index contributed by atoms with van der Waals surface area (Å²) in [5.41, 5.74) is 18.6. The number of carboxylic acid groups (broad SMARTS) is 1. The summed E-state index contributed by atoms with van der Waals surface area (Å²) >= 11 is 0. The van der Waals surface area contributed by atoms with Crippen LogP contribution in [0.1, 0.15) is 178 Å². The summed E-state index contributed by atoms with van der Waals surface area (Å²) in [5, 5.41) is 66.6. The Balaban J connectivity index is 2.70. The van der Waals surface area contributed by atoms with Crippen LogP contribution in [0.25, 0.3) is 0 Å². The van der Waals surface area contributed by atoms with Crippen LogP contribution < -0.4 is 76.1 Å². The summed E-state index contributed by atoms with van der Waals surface area (Å²) < 4.78 is 0. The summed E-state index contributed by atoms with van der Waals surface area (Å²) in [6.45, 7) is 14.6. The molecule has 2 rings (SSSR count). The van der Waals surface area contributed by atoms with E-state index < -0.39 is 204 Å². The van der Waals surface area contributed by atoms with Crippen molar-refractivity contribution in [3.8, 4) is 5.75 Å². The monoisotopic (exact) mass is 1380 g/mol. The zero-order valence-electron chi connectivity index (χ0n) is 58.1. The van der Waals surface area contributed by atoms with Gasteiger partial charge in [0.2, 0.25) is 70.9 Å². The highest BCUT2D eigenvalue weighted by molar-refractivity contribution is 6.01. The molecular formula is C66H108N14O18. The van der Waals surface area contributed by atoms with Gasteiger partial charge < -0.3 is 96.5 Å². The number of aliphatic hydroxyl groups is 2. The molecule has 22 N–H and O–H groups in total. The molecular weight excluding hydrogens is 1280 g/mol. The molecule has 0 fully saturated rings. The number of aliphatic hydroxyl groups excluding tert-OH is 2. The maximum atomic E-state index is 14.9. The fourth-order valence-electron chi connectivity index (χ4n) is 10.5. The fraction of sp³-hybridized carbons (Fsp3) is 0.667. The highest BCUT2D eigenvalue weighted by Crippen LogP contribution is 2.24. The maximum absolute atomic E-state index is 14.9. The average Bonchev–Trinajstić information content (AvgIpc) is 0.852. The quantitative estimate of drug-likeness (QED) is 0.0268. The number of aliphatic carboxylic acids is 1. The van der Waals surface area contributed by atoms with Crippen LogP contribution in [-0.4, -0.2) is 188 Å².